The molecule has 2 atom stereocenters. The number of hydrogen-bond acceptors (Lipinski definition) is 6. The molecule has 0 radical (unpaired) electrons. The summed E-state index contributed by atoms with van der Waals surface area (Å²) in [6.07, 6.45) is 0.759. The van der Waals surface area contributed by atoms with Gasteiger partial charge in [0.05, 0.1) is 25.3 Å². The van der Waals surface area contributed by atoms with E-state index in [2.05, 4.69) is 17.3 Å². The van der Waals surface area contributed by atoms with E-state index in [1.807, 2.05) is 30.3 Å². The van der Waals surface area contributed by atoms with Gasteiger partial charge in [0.15, 0.2) is 0 Å². The quantitative estimate of drug-likeness (QED) is 0.493. The van der Waals surface area contributed by atoms with Gasteiger partial charge < -0.3 is 26.3 Å². The van der Waals surface area contributed by atoms with Crippen molar-refractivity contribution in [3.8, 4) is 17.0 Å². The standard InChI is InChI=1S/C25H29N5O4/c1-15-14-34-12-11-19(15)30-23(26)21(24(27)31)22(29-30)17-9-7-16(8-10-17)13-28-25(32)18-5-3-4-6-20(18)33-2/h3-10,15,19H,11-14,26H2,1-2H3,(H2,27,31)(H,28,32). The molecule has 2 amide bonds. The lowest BCUT2D eigenvalue weighted by molar-refractivity contribution is 0.0258. The molecule has 1 fully saturated rings. The zero-order valence-electron chi connectivity index (χ0n) is 19.3. The molecule has 3 aromatic rings. The predicted molar refractivity (Wildman–Crippen MR) is 128 cm³/mol. The van der Waals surface area contributed by atoms with Gasteiger partial charge in [-0.25, -0.2) is 4.68 Å². The normalized spacial score (nSPS) is 17.8. The average Bonchev–Trinajstić information content (AvgIpc) is 3.20. The van der Waals surface area contributed by atoms with Gasteiger partial charge in [0, 0.05) is 24.6 Å². The molecule has 2 heterocycles. The van der Waals surface area contributed by atoms with Crippen LogP contribution >= 0.6 is 0 Å². The fourth-order valence-corrected chi connectivity index (χ4v) is 4.27. The molecule has 0 aliphatic carbocycles. The number of aromatic nitrogens is 2. The molecule has 1 aliphatic heterocycles. The topological polar surface area (TPSA) is 134 Å². The Balaban J connectivity index is 1.54. The molecule has 178 valence electrons. The molecular weight excluding hydrogens is 434 g/mol. The minimum atomic E-state index is -0.619. The minimum Gasteiger partial charge on any atom is -0.496 e. The van der Waals surface area contributed by atoms with Gasteiger partial charge in [0.1, 0.15) is 22.8 Å². The van der Waals surface area contributed by atoms with Gasteiger partial charge in [0.25, 0.3) is 11.8 Å². The van der Waals surface area contributed by atoms with Gasteiger partial charge in [-0.3, -0.25) is 9.59 Å². The number of carbonyl (C=O) groups is 2. The molecule has 9 heteroatoms. The minimum absolute atomic E-state index is 0.0325. The predicted octanol–water partition coefficient (Wildman–Crippen LogP) is 2.77. The fraction of sp³-hybridized carbons (Fsp3) is 0.320. The summed E-state index contributed by atoms with van der Waals surface area (Å²) in [4.78, 5) is 24.8. The van der Waals surface area contributed by atoms with Crippen LogP contribution in [-0.4, -0.2) is 41.9 Å². The van der Waals surface area contributed by atoms with Gasteiger partial charge in [-0.05, 0) is 24.1 Å². The smallest absolute Gasteiger partial charge is 0.255 e. The molecule has 1 aliphatic rings. The summed E-state index contributed by atoms with van der Waals surface area (Å²) >= 11 is 0. The van der Waals surface area contributed by atoms with Gasteiger partial charge in [-0.15, -0.1) is 0 Å². The zero-order chi connectivity index (χ0) is 24.2. The number of nitrogens with two attached hydrogens (primary N) is 2. The van der Waals surface area contributed by atoms with Gasteiger partial charge in [0.2, 0.25) is 0 Å². The summed E-state index contributed by atoms with van der Waals surface area (Å²) in [6.45, 7) is 3.63. The van der Waals surface area contributed by atoms with Crippen molar-refractivity contribution in [1.29, 1.82) is 0 Å². The number of nitrogens with one attached hydrogen (secondary N) is 1. The number of rotatable bonds is 7. The van der Waals surface area contributed by atoms with Crippen LogP contribution in [0.25, 0.3) is 11.3 Å². The van der Waals surface area contributed by atoms with Crippen LogP contribution in [0.2, 0.25) is 0 Å². The molecular formula is C25H29N5O4. The highest BCUT2D eigenvalue weighted by Gasteiger charge is 2.30. The Morgan fingerprint density at radius 2 is 1.94 bits per heavy atom. The Kier molecular flexibility index (Phi) is 6.83. The Bertz CT molecular complexity index is 1190. The largest absolute Gasteiger partial charge is 0.496 e. The number of nitrogens with zero attached hydrogens (tertiary/aromatic N) is 2. The number of benzene rings is 2. The van der Waals surface area contributed by atoms with Crippen LogP contribution in [0.4, 0.5) is 5.82 Å². The van der Waals surface area contributed by atoms with Gasteiger partial charge in [-0.1, -0.05) is 43.3 Å². The first-order valence-electron chi connectivity index (χ1n) is 11.2. The Morgan fingerprint density at radius 1 is 1.21 bits per heavy atom. The Morgan fingerprint density at radius 3 is 2.62 bits per heavy atom. The first-order chi connectivity index (χ1) is 16.4. The molecule has 0 spiro atoms. The molecule has 9 nitrogen and oxygen atoms in total. The summed E-state index contributed by atoms with van der Waals surface area (Å²) in [5.74, 6) is 0.149. The van der Waals surface area contributed by atoms with Crippen LogP contribution in [0.5, 0.6) is 5.75 Å². The number of methoxy groups -OCH3 is 1. The van der Waals surface area contributed by atoms with E-state index < -0.39 is 5.91 Å². The summed E-state index contributed by atoms with van der Waals surface area (Å²) in [5, 5.41) is 7.58. The summed E-state index contributed by atoms with van der Waals surface area (Å²) in [6, 6.07) is 14.5. The van der Waals surface area contributed by atoms with Gasteiger partial charge in [-0.2, -0.15) is 5.10 Å². The van der Waals surface area contributed by atoms with Crippen molar-refractivity contribution in [3.05, 3.63) is 65.2 Å². The molecule has 1 aromatic heterocycles. The lowest BCUT2D eigenvalue weighted by Crippen LogP contribution is -2.29. The monoisotopic (exact) mass is 463 g/mol. The lowest BCUT2D eigenvalue weighted by atomic mass is 9.98. The summed E-state index contributed by atoms with van der Waals surface area (Å²) in [7, 11) is 1.53. The number of primary amides is 1. The third kappa shape index (κ3) is 4.60. The first-order valence-corrected chi connectivity index (χ1v) is 11.2. The number of para-hydroxylation sites is 1. The number of amides is 2. The third-order valence-electron chi connectivity index (χ3n) is 6.14. The molecule has 2 unspecified atom stereocenters. The second-order valence-corrected chi connectivity index (χ2v) is 8.41. The fourth-order valence-electron chi connectivity index (χ4n) is 4.27. The number of carbonyl (C=O) groups excluding carboxylic acids is 2. The number of hydrogen-bond donors (Lipinski definition) is 3. The molecule has 0 saturated carbocycles. The van der Waals surface area contributed by atoms with Crippen LogP contribution in [0.15, 0.2) is 48.5 Å². The van der Waals surface area contributed by atoms with Crippen LogP contribution < -0.4 is 21.5 Å². The van der Waals surface area contributed by atoms with Crippen molar-refractivity contribution in [1.82, 2.24) is 15.1 Å². The van der Waals surface area contributed by atoms with E-state index in [1.165, 1.54) is 7.11 Å². The van der Waals surface area contributed by atoms with Crippen molar-refractivity contribution in [2.45, 2.75) is 25.9 Å². The second-order valence-electron chi connectivity index (χ2n) is 8.41. The number of nitrogen functional groups attached to an aromatic ring is 1. The Labute approximate surface area is 198 Å². The maximum atomic E-state index is 12.5. The van der Waals surface area contributed by atoms with E-state index in [0.717, 1.165) is 17.5 Å². The van der Waals surface area contributed by atoms with E-state index in [4.69, 9.17) is 20.9 Å². The van der Waals surface area contributed by atoms with E-state index in [1.54, 1.807) is 22.9 Å². The highest BCUT2D eigenvalue weighted by Crippen LogP contribution is 2.34. The average molecular weight is 464 g/mol. The highest BCUT2D eigenvalue weighted by atomic mass is 16.5. The lowest BCUT2D eigenvalue weighted by Gasteiger charge is -2.29. The third-order valence-corrected chi connectivity index (χ3v) is 6.14. The number of ether oxygens (including phenoxy) is 2. The second kappa shape index (κ2) is 9.96. The van der Waals surface area contributed by atoms with Crippen molar-refractivity contribution in [2.75, 3.05) is 26.1 Å². The molecule has 0 bridgehead atoms. The van der Waals surface area contributed by atoms with Crippen molar-refractivity contribution < 1.29 is 19.1 Å². The summed E-state index contributed by atoms with van der Waals surface area (Å²) in [5.41, 5.74) is 14.7. The molecule has 5 N–H and O–H groups in total. The highest BCUT2D eigenvalue weighted by molar-refractivity contribution is 6.03. The van der Waals surface area contributed by atoms with E-state index in [-0.39, 0.29) is 29.2 Å². The maximum absolute atomic E-state index is 12.5. The van der Waals surface area contributed by atoms with Crippen molar-refractivity contribution >= 4 is 17.6 Å². The van der Waals surface area contributed by atoms with Gasteiger partial charge >= 0.3 is 0 Å². The SMILES string of the molecule is COc1ccccc1C(=O)NCc1ccc(-c2nn(C3CCOCC3C)c(N)c2C(N)=O)cc1. The molecule has 1 saturated heterocycles. The Hall–Kier alpha value is -3.85. The van der Waals surface area contributed by atoms with Crippen molar-refractivity contribution in [3.63, 3.8) is 0 Å². The maximum Gasteiger partial charge on any atom is 0.255 e. The van der Waals surface area contributed by atoms with Crippen LogP contribution in [0.1, 0.15) is 45.7 Å². The van der Waals surface area contributed by atoms with Crippen molar-refractivity contribution in [2.24, 2.45) is 11.7 Å². The first kappa shape index (κ1) is 23.3. The zero-order valence-corrected chi connectivity index (χ0v) is 19.3. The molecule has 2 aromatic carbocycles. The van der Waals surface area contributed by atoms with E-state index >= 15 is 0 Å². The molecule has 34 heavy (non-hydrogen) atoms. The molecule has 4 rings (SSSR count). The van der Waals surface area contributed by atoms with E-state index in [0.29, 0.717) is 36.8 Å². The van der Waals surface area contributed by atoms with Crippen LogP contribution in [-0.2, 0) is 11.3 Å². The van der Waals surface area contributed by atoms with Crippen LogP contribution in [0.3, 0.4) is 0 Å². The summed E-state index contributed by atoms with van der Waals surface area (Å²) < 4.78 is 12.5. The number of anilines is 1. The van der Waals surface area contributed by atoms with Crippen LogP contribution in [0, 0.1) is 5.92 Å². The van der Waals surface area contributed by atoms with E-state index in [9.17, 15) is 9.59 Å².